The summed E-state index contributed by atoms with van der Waals surface area (Å²) in [5.74, 6) is 1.10. The number of hydrogen-bond acceptors (Lipinski definition) is 3. The zero-order valence-electron chi connectivity index (χ0n) is 11.4. The van der Waals surface area contributed by atoms with Crippen LogP contribution in [-0.2, 0) is 4.79 Å². The lowest BCUT2D eigenvalue weighted by molar-refractivity contribution is -0.122. The van der Waals surface area contributed by atoms with Gasteiger partial charge in [-0.1, -0.05) is 25.0 Å². The molecule has 0 aliphatic heterocycles. The highest BCUT2D eigenvalue weighted by Gasteiger charge is 2.30. The molecular weight excluding hydrogens is 240 g/mol. The van der Waals surface area contributed by atoms with Gasteiger partial charge in [0.05, 0.1) is 12.8 Å². The molecule has 1 amide bonds. The van der Waals surface area contributed by atoms with Gasteiger partial charge in [-0.2, -0.15) is 0 Å². The average molecular weight is 262 g/mol. The molecule has 2 unspecified atom stereocenters. The Balaban J connectivity index is 2.07. The number of para-hydroxylation sites is 2. The molecule has 19 heavy (non-hydrogen) atoms. The van der Waals surface area contributed by atoms with Gasteiger partial charge in [-0.05, 0) is 37.4 Å². The number of nitrogens with two attached hydrogens (primary N) is 1. The molecule has 0 radical (unpaired) electrons. The zero-order valence-corrected chi connectivity index (χ0v) is 11.4. The van der Waals surface area contributed by atoms with E-state index in [1.165, 1.54) is 6.42 Å². The SMILES string of the molecule is COc1ccccc1NC(=O)C1CCCCC1CN. The molecule has 1 fully saturated rings. The van der Waals surface area contributed by atoms with Gasteiger partial charge < -0.3 is 15.8 Å². The van der Waals surface area contributed by atoms with Crippen molar-refractivity contribution in [1.29, 1.82) is 0 Å². The predicted molar refractivity (Wildman–Crippen MR) is 76.1 cm³/mol. The molecule has 0 aromatic heterocycles. The molecule has 2 rings (SSSR count). The minimum atomic E-state index is 0.0312. The highest BCUT2D eigenvalue weighted by Crippen LogP contribution is 2.31. The quantitative estimate of drug-likeness (QED) is 0.875. The highest BCUT2D eigenvalue weighted by atomic mass is 16.5. The van der Waals surface area contributed by atoms with Gasteiger partial charge in [-0.25, -0.2) is 0 Å². The van der Waals surface area contributed by atoms with Crippen molar-refractivity contribution in [2.24, 2.45) is 17.6 Å². The maximum absolute atomic E-state index is 12.4. The van der Waals surface area contributed by atoms with Crippen molar-refractivity contribution in [1.82, 2.24) is 0 Å². The Morgan fingerprint density at radius 2 is 2.11 bits per heavy atom. The third-order valence-corrected chi connectivity index (χ3v) is 3.91. The molecule has 3 N–H and O–H groups in total. The summed E-state index contributed by atoms with van der Waals surface area (Å²) < 4.78 is 5.25. The normalized spacial score (nSPS) is 22.8. The first-order chi connectivity index (χ1) is 9.26. The number of carbonyl (C=O) groups is 1. The highest BCUT2D eigenvalue weighted by molar-refractivity contribution is 5.94. The van der Waals surface area contributed by atoms with Crippen LogP contribution in [0.4, 0.5) is 5.69 Å². The van der Waals surface area contributed by atoms with Gasteiger partial charge in [0.2, 0.25) is 5.91 Å². The Morgan fingerprint density at radius 1 is 1.37 bits per heavy atom. The van der Waals surface area contributed by atoms with E-state index in [0.717, 1.165) is 24.9 Å². The van der Waals surface area contributed by atoms with E-state index in [1.54, 1.807) is 7.11 Å². The Kier molecular flexibility index (Phi) is 4.80. The number of amides is 1. The van der Waals surface area contributed by atoms with Crippen molar-refractivity contribution < 1.29 is 9.53 Å². The first kappa shape index (κ1) is 13.9. The molecule has 0 heterocycles. The summed E-state index contributed by atoms with van der Waals surface area (Å²) in [6.07, 6.45) is 4.28. The fourth-order valence-electron chi connectivity index (χ4n) is 2.81. The second-order valence-electron chi connectivity index (χ2n) is 5.08. The number of anilines is 1. The van der Waals surface area contributed by atoms with E-state index in [4.69, 9.17) is 10.5 Å². The summed E-state index contributed by atoms with van der Waals surface area (Å²) >= 11 is 0. The lowest BCUT2D eigenvalue weighted by Crippen LogP contribution is -2.35. The van der Waals surface area contributed by atoms with Gasteiger partial charge in [0, 0.05) is 5.92 Å². The maximum atomic E-state index is 12.4. The number of carbonyl (C=O) groups excluding carboxylic acids is 1. The molecule has 1 aromatic carbocycles. The van der Waals surface area contributed by atoms with E-state index >= 15 is 0 Å². The molecule has 1 saturated carbocycles. The number of ether oxygens (including phenoxy) is 1. The summed E-state index contributed by atoms with van der Waals surface area (Å²) in [6.45, 7) is 0.587. The molecule has 0 bridgehead atoms. The fourth-order valence-corrected chi connectivity index (χ4v) is 2.81. The molecular formula is C15H22N2O2. The topological polar surface area (TPSA) is 64.3 Å². The van der Waals surface area contributed by atoms with Gasteiger partial charge >= 0.3 is 0 Å². The Labute approximate surface area is 114 Å². The minimum Gasteiger partial charge on any atom is -0.495 e. The Bertz CT molecular complexity index is 434. The van der Waals surface area contributed by atoms with Crippen molar-refractivity contribution in [2.75, 3.05) is 19.0 Å². The van der Waals surface area contributed by atoms with E-state index in [0.29, 0.717) is 18.2 Å². The second kappa shape index (κ2) is 6.57. The predicted octanol–water partition coefficient (Wildman–Crippen LogP) is 2.40. The van der Waals surface area contributed by atoms with Crippen molar-refractivity contribution in [2.45, 2.75) is 25.7 Å². The van der Waals surface area contributed by atoms with Gasteiger partial charge in [-0.3, -0.25) is 4.79 Å². The number of rotatable bonds is 4. The van der Waals surface area contributed by atoms with Crippen molar-refractivity contribution >= 4 is 11.6 Å². The standard InChI is InChI=1S/C15H22N2O2/c1-19-14-9-5-4-8-13(14)17-15(18)12-7-3-2-6-11(12)10-16/h4-5,8-9,11-12H,2-3,6-7,10,16H2,1H3,(H,17,18). The van der Waals surface area contributed by atoms with Crippen molar-refractivity contribution in [3.8, 4) is 5.75 Å². The molecule has 1 aromatic rings. The summed E-state index contributed by atoms with van der Waals surface area (Å²) in [7, 11) is 1.61. The summed E-state index contributed by atoms with van der Waals surface area (Å²) in [6, 6.07) is 7.48. The van der Waals surface area contributed by atoms with Crippen LogP contribution in [0.1, 0.15) is 25.7 Å². The third-order valence-electron chi connectivity index (χ3n) is 3.91. The number of nitrogens with one attached hydrogen (secondary N) is 1. The van der Waals surface area contributed by atoms with E-state index in [1.807, 2.05) is 24.3 Å². The molecule has 2 atom stereocenters. The molecule has 1 aliphatic rings. The molecule has 104 valence electrons. The number of methoxy groups -OCH3 is 1. The van der Waals surface area contributed by atoms with E-state index in [9.17, 15) is 4.79 Å². The summed E-state index contributed by atoms with van der Waals surface area (Å²) in [4.78, 5) is 12.4. The van der Waals surface area contributed by atoms with Gasteiger partial charge in [0.1, 0.15) is 5.75 Å². The van der Waals surface area contributed by atoms with E-state index < -0.39 is 0 Å². The van der Waals surface area contributed by atoms with Crippen LogP contribution >= 0.6 is 0 Å². The number of hydrogen-bond donors (Lipinski definition) is 2. The largest absolute Gasteiger partial charge is 0.495 e. The monoisotopic (exact) mass is 262 g/mol. The molecule has 1 aliphatic carbocycles. The average Bonchev–Trinajstić information content (AvgIpc) is 2.47. The van der Waals surface area contributed by atoms with Gasteiger partial charge in [0.25, 0.3) is 0 Å². The summed E-state index contributed by atoms with van der Waals surface area (Å²) in [5.41, 5.74) is 6.51. The lowest BCUT2D eigenvalue weighted by Gasteiger charge is -2.29. The van der Waals surface area contributed by atoms with Crippen LogP contribution < -0.4 is 15.8 Å². The Hall–Kier alpha value is -1.55. The van der Waals surface area contributed by atoms with Crippen LogP contribution in [-0.4, -0.2) is 19.6 Å². The fraction of sp³-hybridized carbons (Fsp3) is 0.533. The molecule has 0 saturated heterocycles. The lowest BCUT2D eigenvalue weighted by atomic mass is 9.78. The van der Waals surface area contributed by atoms with Crippen LogP contribution in [0, 0.1) is 11.8 Å². The third kappa shape index (κ3) is 3.26. The smallest absolute Gasteiger partial charge is 0.227 e. The van der Waals surface area contributed by atoms with Crippen LogP contribution in [0.3, 0.4) is 0 Å². The van der Waals surface area contributed by atoms with Crippen LogP contribution in [0.25, 0.3) is 0 Å². The van der Waals surface area contributed by atoms with Crippen molar-refractivity contribution in [3.63, 3.8) is 0 Å². The first-order valence-corrected chi connectivity index (χ1v) is 6.90. The minimum absolute atomic E-state index is 0.0312. The van der Waals surface area contributed by atoms with Gasteiger partial charge in [-0.15, -0.1) is 0 Å². The molecule has 4 heteroatoms. The zero-order chi connectivity index (χ0) is 13.7. The van der Waals surface area contributed by atoms with Crippen LogP contribution in [0.15, 0.2) is 24.3 Å². The van der Waals surface area contributed by atoms with Crippen molar-refractivity contribution in [3.05, 3.63) is 24.3 Å². The van der Waals surface area contributed by atoms with Gasteiger partial charge in [0.15, 0.2) is 0 Å². The van der Waals surface area contributed by atoms with E-state index in [-0.39, 0.29) is 11.8 Å². The van der Waals surface area contributed by atoms with Crippen LogP contribution in [0.2, 0.25) is 0 Å². The molecule has 0 spiro atoms. The van der Waals surface area contributed by atoms with E-state index in [2.05, 4.69) is 5.32 Å². The molecule has 4 nitrogen and oxygen atoms in total. The maximum Gasteiger partial charge on any atom is 0.227 e. The van der Waals surface area contributed by atoms with Crippen LogP contribution in [0.5, 0.6) is 5.75 Å². The number of benzene rings is 1. The summed E-state index contributed by atoms with van der Waals surface area (Å²) in [5, 5.41) is 2.98. The second-order valence-corrected chi connectivity index (χ2v) is 5.08. The Morgan fingerprint density at radius 3 is 2.84 bits per heavy atom. The first-order valence-electron chi connectivity index (χ1n) is 6.90.